The lowest BCUT2D eigenvalue weighted by Gasteiger charge is -2.29. The molecule has 0 saturated carbocycles. The van der Waals surface area contributed by atoms with Crippen molar-refractivity contribution in [3.63, 3.8) is 0 Å². The number of alkyl halides is 1. The normalized spacial score (nSPS) is 11.1. The highest BCUT2D eigenvalue weighted by atomic mass is 35.5. The Morgan fingerprint density at radius 2 is 1.84 bits per heavy atom. The van der Waals surface area contributed by atoms with E-state index in [0.717, 1.165) is 5.56 Å². The molecular weight excluding hydrogens is 266 g/mol. The molecule has 4 nitrogen and oxygen atoms in total. The maximum Gasteiger partial charge on any atom is 0.323 e. The highest BCUT2D eigenvalue weighted by Gasteiger charge is 2.32. The molecule has 1 amide bonds. The summed E-state index contributed by atoms with van der Waals surface area (Å²) in [7, 11) is 0. The minimum absolute atomic E-state index is 0.150. The van der Waals surface area contributed by atoms with E-state index in [-0.39, 0.29) is 24.9 Å². The number of benzene rings is 1. The molecule has 0 atom stereocenters. The van der Waals surface area contributed by atoms with E-state index in [9.17, 15) is 9.59 Å². The van der Waals surface area contributed by atoms with Crippen LogP contribution in [0.25, 0.3) is 0 Å². The van der Waals surface area contributed by atoms with Crippen LogP contribution in [0.15, 0.2) is 30.3 Å². The van der Waals surface area contributed by atoms with Crippen LogP contribution < -0.4 is 0 Å². The minimum atomic E-state index is -1.03. The summed E-state index contributed by atoms with van der Waals surface area (Å²) in [5.41, 5.74) is 0.119. The van der Waals surface area contributed by atoms with Gasteiger partial charge in [0.05, 0.1) is 5.41 Å². The molecule has 0 aliphatic rings. The molecule has 0 aliphatic carbocycles. The van der Waals surface area contributed by atoms with Crippen molar-refractivity contribution in [2.45, 2.75) is 20.4 Å². The zero-order chi connectivity index (χ0) is 14.5. The van der Waals surface area contributed by atoms with Crippen LogP contribution in [0.1, 0.15) is 19.4 Å². The van der Waals surface area contributed by atoms with Crippen molar-refractivity contribution < 1.29 is 14.7 Å². The highest BCUT2D eigenvalue weighted by Crippen LogP contribution is 2.22. The molecule has 0 spiro atoms. The number of hydrogen-bond donors (Lipinski definition) is 1. The Morgan fingerprint density at radius 1 is 1.26 bits per heavy atom. The molecular formula is C14H18ClNO3. The van der Waals surface area contributed by atoms with Crippen LogP contribution in [0.4, 0.5) is 0 Å². The molecule has 1 rings (SSSR count). The number of aliphatic carboxylic acids is 1. The topological polar surface area (TPSA) is 57.6 Å². The van der Waals surface area contributed by atoms with Gasteiger partial charge in [-0.25, -0.2) is 0 Å². The van der Waals surface area contributed by atoms with Gasteiger partial charge in [-0.05, 0) is 19.4 Å². The smallest absolute Gasteiger partial charge is 0.323 e. The third kappa shape index (κ3) is 4.56. The summed E-state index contributed by atoms with van der Waals surface area (Å²) in [4.78, 5) is 24.5. The van der Waals surface area contributed by atoms with Crippen molar-refractivity contribution in [3.8, 4) is 0 Å². The maximum absolute atomic E-state index is 12.3. The van der Waals surface area contributed by atoms with Crippen LogP contribution in [0.5, 0.6) is 0 Å². The molecule has 1 aromatic rings. The highest BCUT2D eigenvalue weighted by molar-refractivity contribution is 6.19. The number of carbonyl (C=O) groups is 2. The lowest BCUT2D eigenvalue weighted by Crippen LogP contribution is -2.43. The SMILES string of the molecule is CC(C)(CCl)C(=O)N(CC(=O)O)Cc1ccccc1. The molecule has 19 heavy (non-hydrogen) atoms. The molecule has 0 heterocycles. The van der Waals surface area contributed by atoms with Gasteiger partial charge in [0.15, 0.2) is 0 Å². The lowest BCUT2D eigenvalue weighted by molar-refractivity contribution is -0.148. The van der Waals surface area contributed by atoms with Gasteiger partial charge >= 0.3 is 5.97 Å². The molecule has 0 bridgehead atoms. The molecule has 0 unspecified atom stereocenters. The van der Waals surface area contributed by atoms with Gasteiger partial charge in [0, 0.05) is 12.4 Å². The quantitative estimate of drug-likeness (QED) is 0.816. The van der Waals surface area contributed by atoms with Gasteiger partial charge in [-0.3, -0.25) is 9.59 Å². The average Bonchev–Trinajstić information content (AvgIpc) is 2.37. The van der Waals surface area contributed by atoms with Gasteiger partial charge in [-0.15, -0.1) is 11.6 Å². The Labute approximate surface area is 118 Å². The molecule has 104 valence electrons. The number of amides is 1. The summed E-state index contributed by atoms with van der Waals surface area (Å²) in [6, 6.07) is 9.29. The van der Waals surface area contributed by atoms with E-state index >= 15 is 0 Å². The second kappa shape index (κ2) is 6.57. The number of rotatable bonds is 6. The first-order valence-corrected chi connectivity index (χ1v) is 6.51. The van der Waals surface area contributed by atoms with E-state index in [2.05, 4.69) is 0 Å². The third-order valence-electron chi connectivity index (χ3n) is 2.74. The predicted octanol–water partition coefficient (Wildman–Crippen LogP) is 2.36. The van der Waals surface area contributed by atoms with E-state index in [1.807, 2.05) is 30.3 Å². The predicted molar refractivity (Wildman–Crippen MR) is 74.0 cm³/mol. The fraction of sp³-hybridized carbons (Fsp3) is 0.429. The second-order valence-corrected chi connectivity index (χ2v) is 5.33. The minimum Gasteiger partial charge on any atom is -0.480 e. The van der Waals surface area contributed by atoms with Crippen molar-refractivity contribution in [2.75, 3.05) is 12.4 Å². The van der Waals surface area contributed by atoms with Crippen LogP contribution in [0.3, 0.4) is 0 Å². The van der Waals surface area contributed by atoms with E-state index in [0.29, 0.717) is 0 Å². The number of carbonyl (C=O) groups excluding carboxylic acids is 1. The fourth-order valence-electron chi connectivity index (χ4n) is 1.65. The van der Waals surface area contributed by atoms with Gasteiger partial charge in [0.25, 0.3) is 0 Å². The summed E-state index contributed by atoms with van der Waals surface area (Å²) in [6.45, 7) is 3.37. The standard InChI is InChI=1S/C14H18ClNO3/c1-14(2,10-15)13(19)16(9-12(17)18)8-11-6-4-3-5-7-11/h3-7H,8-10H2,1-2H3,(H,17,18). The summed E-state index contributed by atoms with van der Waals surface area (Å²) < 4.78 is 0. The summed E-state index contributed by atoms with van der Waals surface area (Å²) in [6.07, 6.45) is 0. The van der Waals surface area contributed by atoms with E-state index in [1.165, 1.54) is 4.90 Å². The number of hydrogen-bond acceptors (Lipinski definition) is 2. The molecule has 0 aromatic heterocycles. The molecule has 1 N–H and O–H groups in total. The fourth-order valence-corrected chi connectivity index (χ4v) is 1.77. The van der Waals surface area contributed by atoms with Crippen LogP contribution >= 0.6 is 11.6 Å². The first kappa shape index (κ1) is 15.5. The van der Waals surface area contributed by atoms with Gasteiger partial charge < -0.3 is 10.0 Å². The number of carboxylic acids is 1. The zero-order valence-electron chi connectivity index (χ0n) is 11.1. The van der Waals surface area contributed by atoms with E-state index in [1.54, 1.807) is 13.8 Å². The zero-order valence-corrected chi connectivity index (χ0v) is 11.9. The van der Waals surface area contributed by atoms with Gasteiger partial charge in [0.1, 0.15) is 6.54 Å². The van der Waals surface area contributed by atoms with Crippen LogP contribution in [0.2, 0.25) is 0 Å². The molecule has 0 fully saturated rings. The first-order valence-electron chi connectivity index (χ1n) is 5.98. The Hall–Kier alpha value is -1.55. The molecule has 0 aliphatic heterocycles. The van der Waals surface area contributed by atoms with Crippen LogP contribution in [0, 0.1) is 5.41 Å². The summed E-state index contributed by atoms with van der Waals surface area (Å²) in [5.74, 6) is -1.14. The lowest BCUT2D eigenvalue weighted by atomic mass is 9.94. The maximum atomic E-state index is 12.3. The molecule has 0 saturated heterocycles. The Balaban J connectivity index is 2.89. The van der Waals surface area contributed by atoms with Crippen molar-refractivity contribution in [2.24, 2.45) is 5.41 Å². The second-order valence-electron chi connectivity index (χ2n) is 5.06. The number of nitrogens with zero attached hydrogens (tertiary/aromatic N) is 1. The Morgan fingerprint density at radius 3 is 2.32 bits per heavy atom. The third-order valence-corrected chi connectivity index (χ3v) is 3.41. The Kier molecular flexibility index (Phi) is 5.36. The Bertz CT molecular complexity index is 445. The average molecular weight is 284 g/mol. The first-order chi connectivity index (χ1) is 8.86. The van der Waals surface area contributed by atoms with E-state index in [4.69, 9.17) is 16.7 Å². The van der Waals surface area contributed by atoms with Gasteiger partial charge in [-0.2, -0.15) is 0 Å². The summed E-state index contributed by atoms with van der Waals surface area (Å²) in [5, 5.41) is 8.92. The molecule has 0 radical (unpaired) electrons. The van der Waals surface area contributed by atoms with Crippen molar-refractivity contribution in [1.29, 1.82) is 0 Å². The van der Waals surface area contributed by atoms with Crippen molar-refractivity contribution in [3.05, 3.63) is 35.9 Å². The number of halogens is 1. The number of carboxylic acid groups (broad SMARTS) is 1. The van der Waals surface area contributed by atoms with E-state index < -0.39 is 11.4 Å². The van der Waals surface area contributed by atoms with Crippen LogP contribution in [-0.4, -0.2) is 34.3 Å². The molecule has 5 heteroatoms. The van der Waals surface area contributed by atoms with Crippen LogP contribution in [-0.2, 0) is 16.1 Å². The van der Waals surface area contributed by atoms with Crippen molar-refractivity contribution in [1.82, 2.24) is 4.90 Å². The summed E-state index contributed by atoms with van der Waals surface area (Å²) >= 11 is 5.78. The van der Waals surface area contributed by atoms with Gasteiger partial charge in [0.2, 0.25) is 5.91 Å². The largest absolute Gasteiger partial charge is 0.480 e. The monoisotopic (exact) mass is 283 g/mol. The molecule has 1 aromatic carbocycles. The van der Waals surface area contributed by atoms with Crippen molar-refractivity contribution >= 4 is 23.5 Å². The van der Waals surface area contributed by atoms with Gasteiger partial charge in [-0.1, -0.05) is 30.3 Å².